The van der Waals surface area contributed by atoms with Crippen LogP contribution < -0.4 is 0 Å². The second-order valence-electron chi connectivity index (χ2n) is 5.36. The van der Waals surface area contributed by atoms with Crippen molar-refractivity contribution in [1.82, 2.24) is 9.55 Å². The lowest BCUT2D eigenvalue weighted by Gasteiger charge is -2.27. The minimum atomic E-state index is -0.881. The molecule has 1 aromatic heterocycles. The van der Waals surface area contributed by atoms with E-state index < -0.39 is 5.97 Å². The predicted octanol–water partition coefficient (Wildman–Crippen LogP) is 3.23. The second-order valence-corrected chi connectivity index (χ2v) is 6.31. The number of rotatable bonds is 5. The summed E-state index contributed by atoms with van der Waals surface area (Å²) in [5.41, 5.74) is 1.81. The normalized spacial score (nSPS) is 11.5. The van der Waals surface area contributed by atoms with Crippen molar-refractivity contribution in [1.29, 1.82) is 5.26 Å². The Balaban J connectivity index is 2.68. The fourth-order valence-corrected chi connectivity index (χ4v) is 3.02. The maximum atomic E-state index is 10.8. The fourth-order valence-electron chi connectivity index (χ4n) is 2.13. The lowest BCUT2D eigenvalue weighted by molar-refractivity contribution is -0.133. The second kappa shape index (κ2) is 5.78. The largest absolute Gasteiger partial charge is 0.481 e. The molecule has 0 aliphatic rings. The van der Waals surface area contributed by atoms with Gasteiger partial charge in [-0.05, 0) is 32.4 Å². The van der Waals surface area contributed by atoms with Crippen LogP contribution in [0, 0.1) is 11.3 Å². The molecular formula is C15H17N3O2S. The van der Waals surface area contributed by atoms with Crippen molar-refractivity contribution in [2.24, 2.45) is 0 Å². The molecule has 0 amide bonds. The Kier molecular flexibility index (Phi) is 4.24. The maximum absolute atomic E-state index is 10.8. The number of hydrogen-bond acceptors (Lipinski definition) is 4. The Morgan fingerprint density at radius 2 is 2.24 bits per heavy atom. The summed E-state index contributed by atoms with van der Waals surface area (Å²) in [6, 6.07) is 7.62. The number of para-hydroxylation sites is 1. The van der Waals surface area contributed by atoms with E-state index in [9.17, 15) is 10.1 Å². The first-order chi connectivity index (χ1) is 9.90. The Morgan fingerprint density at radius 3 is 2.81 bits per heavy atom. The summed E-state index contributed by atoms with van der Waals surface area (Å²) in [7, 11) is 0. The van der Waals surface area contributed by atoms with E-state index in [1.807, 2.05) is 16.7 Å². The smallest absolute Gasteiger partial charge is 0.313 e. The third-order valence-corrected chi connectivity index (χ3v) is 4.49. The quantitative estimate of drug-likeness (QED) is 0.858. The number of nitriles is 1. The van der Waals surface area contributed by atoms with Crippen molar-refractivity contribution in [3.05, 3.63) is 23.8 Å². The van der Waals surface area contributed by atoms with Crippen LogP contribution in [0.4, 0.5) is 0 Å². The topological polar surface area (TPSA) is 78.9 Å². The predicted molar refractivity (Wildman–Crippen MR) is 82.4 cm³/mol. The van der Waals surface area contributed by atoms with Crippen LogP contribution in [0.25, 0.3) is 11.0 Å². The lowest BCUT2D eigenvalue weighted by Crippen LogP contribution is -2.26. The van der Waals surface area contributed by atoms with E-state index >= 15 is 0 Å². The highest BCUT2D eigenvalue weighted by Gasteiger charge is 2.25. The average Bonchev–Trinajstić information content (AvgIpc) is 2.84. The number of hydrogen-bond donors (Lipinski definition) is 1. The molecule has 0 spiro atoms. The minimum absolute atomic E-state index is 0.0506. The number of benzene rings is 1. The number of aromatic nitrogens is 2. The molecule has 5 nitrogen and oxygen atoms in total. The molecule has 0 radical (unpaired) electrons. The molecule has 21 heavy (non-hydrogen) atoms. The van der Waals surface area contributed by atoms with Crippen molar-refractivity contribution >= 4 is 28.8 Å². The minimum Gasteiger partial charge on any atom is -0.481 e. The van der Waals surface area contributed by atoms with Crippen molar-refractivity contribution < 1.29 is 9.90 Å². The van der Waals surface area contributed by atoms with Gasteiger partial charge in [-0.2, -0.15) is 5.26 Å². The van der Waals surface area contributed by atoms with Gasteiger partial charge in [0.05, 0.1) is 16.8 Å². The highest BCUT2D eigenvalue weighted by molar-refractivity contribution is 7.99. The van der Waals surface area contributed by atoms with Crippen molar-refractivity contribution in [2.75, 3.05) is 5.75 Å². The van der Waals surface area contributed by atoms with Crippen LogP contribution in [0.15, 0.2) is 23.4 Å². The van der Waals surface area contributed by atoms with Gasteiger partial charge in [-0.1, -0.05) is 24.8 Å². The highest BCUT2D eigenvalue weighted by Crippen LogP contribution is 2.33. The summed E-state index contributed by atoms with van der Waals surface area (Å²) in [5, 5.41) is 18.7. The summed E-state index contributed by atoms with van der Waals surface area (Å²) in [5.74, 6) is -0.932. The molecule has 2 rings (SSSR count). The molecule has 0 bridgehead atoms. The Morgan fingerprint density at radius 1 is 1.52 bits per heavy atom. The lowest BCUT2D eigenvalue weighted by atomic mass is 10.0. The number of aliphatic carboxylic acids is 1. The number of carboxylic acid groups (broad SMARTS) is 1. The number of fused-ring (bicyclic) bond motifs is 1. The van der Waals surface area contributed by atoms with E-state index in [4.69, 9.17) is 5.11 Å². The monoisotopic (exact) mass is 303 g/mol. The van der Waals surface area contributed by atoms with Crippen molar-refractivity contribution in [3.63, 3.8) is 0 Å². The number of nitrogens with zero attached hydrogens (tertiary/aromatic N) is 3. The molecule has 0 atom stereocenters. The van der Waals surface area contributed by atoms with Crippen molar-refractivity contribution in [3.8, 4) is 6.07 Å². The first kappa shape index (κ1) is 15.4. The Labute approximate surface area is 127 Å². The van der Waals surface area contributed by atoms with Gasteiger partial charge in [0.25, 0.3) is 0 Å². The van der Waals surface area contributed by atoms with E-state index in [0.29, 0.717) is 16.2 Å². The van der Waals surface area contributed by atoms with Crippen LogP contribution in [-0.4, -0.2) is 26.4 Å². The molecule has 110 valence electrons. The number of thioether (sulfide) groups is 1. The zero-order valence-electron chi connectivity index (χ0n) is 12.3. The first-order valence-corrected chi connectivity index (χ1v) is 7.66. The summed E-state index contributed by atoms with van der Waals surface area (Å²) in [6.45, 7) is 6.24. The molecule has 0 aliphatic carbocycles. The Bertz CT molecular complexity index is 728. The molecule has 1 aromatic carbocycles. The van der Waals surface area contributed by atoms with Gasteiger partial charge in [-0.3, -0.25) is 4.79 Å². The van der Waals surface area contributed by atoms with Crippen LogP contribution in [0.3, 0.4) is 0 Å². The molecule has 1 N–H and O–H groups in total. The number of imidazole rings is 1. The van der Waals surface area contributed by atoms with Gasteiger partial charge in [0, 0.05) is 5.54 Å². The average molecular weight is 303 g/mol. The summed E-state index contributed by atoms with van der Waals surface area (Å²) in [6.07, 6.45) is 0.871. The van der Waals surface area contributed by atoms with Gasteiger partial charge in [-0.25, -0.2) is 4.98 Å². The van der Waals surface area contributed by atoms with Crippen molar-refractivity contribution in [2.45, 2.75) is 37.9 Å². The van der Waals surface area contributed by atoms with E-state index in [0.717, 1.165) is 11.9 Å². The molecule has 2 aromatic rings. The van der Waals surface area contributed by atoms with E-state index in [1.165, 1.54) is 11.8 Å². The maximum Gasteiger partial charge on any atom is 0.313 e. The fraction of sp³-hybridized carbons (Fsp3) is 0.400. The molecule has 0 aliphatic heterocycles. The zero-order valence-corrected chi connectivity index (χ0v) is 13.1. The Hall–Kier alpha value is -2.00. The summed E-state index contributed by atoms with van der Waals surface area (Å²) in [4.78, 5) is 15.3. The van der Waals surface area contributed by atoms with Crippen LogP contribution in [-0.2, 0) is 10.3 Å². The third kappa shape index (κ3) is 2.88. The van der Waals surface area contributed by atoms with Gasteiger partial charge < -0.3 is 9.67 Å². The molecule has 0 saturated carbocycles. The van der Waals surface area contributed by atoms with Crippen LogP contribution >= 0.6 is 11.8 Å². The third-order valence-electron chi connectivity index (χ3n) is 3.57. The molecule has 0 unspecified atom stereocenters. The van der Waals surface area contributed by atoms with Gasteiger partial charge in [-0.15, -0.1) is 0 Å². The number of carbonyl (C=O) groups is 1. The number of carboxylic acids is 1. The first-order valence-electron chi connectivity index (χ1n) is 6.67. The van der Waals surface area contributed by atoms with Gasteiger partial charge in [0.2, 0.25) is 0 Å². The van der Waals surface area contributed by atoms with Crippen LogP contribution in [0.1, 0.15) is 32.8 Å². The van der Waals surface area contributed by atoms with Gasteiger partial charge >= 0.3 is 5.97 Å². The molecule has 0 fully saturated rings. The van der Waals surface area contributed by atoms with Crippen LogP contribution in [0.2, 0.25) is 0 Å². The SMILES string of the molecule is CCC(C)(C)n1c(SCC(=O)O)nc2c(C#N)cccc21. The standard InChI is InChI=1S/C15H17N3O2S/c1-4-15(2,3)18-11-7-5-6-10(8-16)13(11)17-14(18)21-9-12(19)20/h5-7H,4,9H2,1-3H3,(H,19,20). The molecular weight excluding hydrogens is 286 g/mol. The van der Waals surface area contributed by atoms with Crippen LogP contribution in [0.5, 0.6) is 0 Å². The molecule has 6 heteroatoms. The summed E-state index contributed by atoms with van der Waals surface area (Å²) < 4.78 is 2.04. The van der Waals surface area contributed by atoms with Gasteiger partial charge in [0.15, 0.2) is 5.16 Å². The highest BCUT2D eigenvalue weighted by atomic mass is 32.2. The molecule has 0 saturated heterocycles. The zero-order chi connectivity index (χ0) is 15.6. The van der Waals surface area contributed by atoms with E-state index in [2.05, 4.69) is 31.8 Å². The molecule has 1 heterocycles. The van der Waals surface area contributed by atoms with Gasteiger partial charge in [0.1, 0.15) is 11.6 Å². The van der Waals surface area contributed by atoms with E-state index in [1.54, 1.807) is 6.07 Å². The van der Waals surface area contributed by atoms with E-state index in [-0.39, 0.29) is 11.3 Å². The summed E-state index contributed by atoms with van der Waals surface area (Å²) >= 11 is 1.19.